The molecule has 9 heteroatoms. The predicted octanol–water partition coefficient (Wildman–Crippen LogP) is 1.66. The Morgan fingerprint density at radius 3 is 2.25 bits per heavy atom. The van der Waals surface area contributed by atoms with Gasteiger partial charge in [0, 0.05) is 11.1 Å². The Balaban J connectivity index is 1.51. The van der Waals surface area contributed by atoms with E-state index in [9.17, 15) is 20.1 Å². The first-order valence-corrected chi connectivity index (χ1v) is 10.6. The van der Waals surface area contributed by atoms with Crippen molar-refractivity contribution in [1.82, 2.24) is 0 Å². The van der Waals surface area contributed by atoms with Gasteiger partial charge in [0.1, 0.15) is 23.4 Å². The zero-order valence-electron chi connectivity index (χ0n) is 14.3. The second-order valence-corrected chi connectivity index (χ2v) is 8.81. The van der Waals surface area contributed by atoms with E-state index in [-0.39, 0.29) is 5.78 Å². The van der Waals surface area contributed by atoms with Gasteiger partial charge < -0.3 is 24.8 Å². The lowest BCUT2D eigenvalue weighted by molar-refractivity contribution is -0.266. The SMILES string of the molecule is N#Cc1ccc(C(=O)c2ccc(O[C@@]34OC(SS3)[C@@H](O)[C@H](O)[C@H]4O)cc2)cc1. The first-order chi connectivity index (χ1) is 13.4. The van der Waals surface area contributed by atoms with Crippen LogP contribution in [0.1, 0.15) is 21.5 Å². The molecule has 0 aliphatic carbocycles. The number of nitriles is 1. The second kappa shape index (κ2) is 7.40. The maximum absolute atomic E-state index is 12.5. The van der Waals surface area contributed by atoms with E-state index in [0.29, 0.717) is 22.4 Å². The van der Waals surface area contributed by atoms with E-state index in [2.05, 4.69) is 0 Å². The Bertz CT molecular complexity index is 929. The van der Waals surface area contributed by atoms with Crippen LogP contribution in [-0.4, -0.2) is 50.0 Å². The summed E-state index contributed by atoms with van der Waals surface area (Å²) in [4.78, 5) is 12.5. The van der Waals surface area contributed by atoms with Crippen LogP contribution >= 0.6 is 21.6 Å². The highest BCUT2D eigenvalue weighted by molar-refractivity contribution is 8.77. The summed E-state index contributed by atoms with van der Waals surface area (Å²) in [5.41, 5.74) is 0.658. The first kappa shape index (κ1) is 19.3. The molecule has 0 aromatic heterocycles. The molecule has 28 heavy (non-hydrogen) atoms. The van der Waals surface area contributed by atoms with Gasteiger partial charge in [-0.15, -0.1) is 0 Å². The van der Waals surface area contributed by atoms with Gasteiger partial charge in [0.05, 0.1) is 11.6 Å². The topological polar surface area (TPSA) is 120 Å². The van der Waals surface area contributed by atoms with Crippen LogP contribution in [0.2, 0.25) is 0 Å². The van der Waals surface area contributed by atoms with E-state index in [4.69, 9.17) is 14.7 Å². The molecule has 2 saturated heterocycles. The highest BCUT2D eigenvalue weighted by Gasteiger charge is 2.61. The number of fused-ring (bicyclic) bond motifs is 2. The average Bonchev–Trinajstić information content (AvgIpc) is 3.14. The minimum atomic E-state index is -1.54. The van der Waals surface area contributed by atoms with Crippen molar-refractivity contribution in [2.24, 2.45) is 0 Å². The molecule has 144 valence electrons. The molecule has 4 rings (SSSR count). The molecule has 2 aromatic carbocycles. The van der Waals surface area contributed by atoms with Crippen LogP contribution in [0.4, 0.5) is 0 Å². The van der Waals surface area contributed by atoms with Gasteiger partial charge in [0.15, 0.2) is 11.9 Å². The Morgan fingerprint density at radius 2 is 1.64 bits per heavy atom. The summed E-state index contributed by atoms with van der Waals surface area (Å²) in [5, 5.41) is 37.5. The fourth-order valence-electron chi connectivity index (χ4n) is 2.92. The third-order valence-electron chi connectivity index (χ3n) is 4.51. The van der Waals surface area contributed by atoms with Gasteiger partial charge in [-0.25, -0.2) is 0 Å². The maximum Gasteiger partial charge on any atom is 0.300 e. The van der Waals surface area contributed by atoms with Crippen LogP contribution in [0.25, 0.3) is 0 Å². The van der Waals surface area contributed by atoms with E-state index >= 15 is 0 Å². The standard InChI is InChI=1S/C19H15NO6S2/c20-9-10-1-3-11(4-2-10)14(21)12-5-7-13(8-6-12)25-19-17(24)15(22)16(23)18(26-19)27-28-19/h1-8,15-18,22-24H/t15-,16-,17+,18?,19-/m0/s1. The summed E-state index contributed by atoms with van der Waals surface area (Å²) >= 11 is 0. The lowest BCUT2D eigenvalue weighted by atomic mass is 10.0. The number of rotatable bonds is 4. The second-order valence-electron chi connectivity index (χ2n) is 6.34. The molecule has 2 heterocycles. The Hall–Kier alpha value is -2.06. The molecule has 3 N–H and O–H groups in total. The number of carbonyl (C=O) groups excluding carboxylic acids is 1. The molecular formula is C19H15NO6S2. The monoisotopic (exact) mass is 417 g/mol. The fourth-order valence-corrected chi connectivity index (χ4v) is 5.84. The zero-order chi connectivity index (χ0) is 19.9. The smallest absolute Gasteiger partial charge is 0.300 e. The minimum absolute atomic E-state index is 0.201. The van der Waals surface area contributed by atoms with E-state index in [1.165, 1.54) is 10.8 Å². The van der Waals surface area contributed by atoms with Crippen molar-refractivity contribution in [2.75, 3.05) is 0 Å². The molecule has 0 saturated carbocycles. The summed E-state index contributed by atoms with van der Waals surface area (Å²) in [6.45, 7) is 0. The molecule has 0 spiro atoms. The van der Waals surface area contributed by atoms with Crippen LogP contribution in [0, 0.1) is 11.3 Å². The molecule has 5 atom stereocenters. The normalized spacial score (nSPS) is 31.2. The summed E-state index contributed by atoms with van der Waals surface area (Å²) < 4.78 is 11.4. The van der Waals surface area contributed by atoms with Crippen molar-refractivity contribution < 1.29 is 29.6 Å². The number of benzene rings is 2. The average molecular weight is 417 g/mol. The largest absolute Gasteiger partial charge is 0.449 e. The molecule has 2 aliphatic rings. The quantitative estimate of drug-likeness (QED) is 0.504. The Morgan fingerprint density at radius 1 is 1.04 bits per heavy atom. The number of ketones is 1. The molecular weight excluding hydrogens is 402 g/mol. The number of nitrogens with zero attached hydrogens (tertiary/aromatic N) is 1. The van der Waals surface area contributed by atoms with E-state index in [1.807, 2.05) is 6.07 Å². The van der Waals surface area contributed by atoms with Gasteiger partial charge in [-0.3, -0.25) is 4.79 Å². The van der Waals surface area contributed by atoms with Crippen molar-refractivity contribution in [3.8, 4) is 11.8 Å². The number of aliphatic hydroxyl groups is 3. The number of ether oxygens (including phenoxy) is 2. The van der Waals surface area contributed by atoms with Crippen molar-refractivity contribution in [1.29, 1.82) is 5.26 Å². The van der Waals surface area contributed by atoms with Crippen LogP contribution < -0.4 is 4.74 Å². The van der Waals surface area contributed by atoms with Crippen molar-refractivity contribution >= 4 is 27.4 Å². The van der Waals surface area contributed by atoms with Crippen LogP contribution in [0.5, 0.6) is 5.75 Å². The van der Waals surface area contributed by atoms with Gasteiger partial charge in [0.2, 0.25) is 0 Å². The highest BCUT2D eigenvalue weighted by Crippen LogP contribution is 2.56. The van der Waals surface area contributed by atoms with Gasteiger partial charge >= 0.3 is 5.12 Å². The molecule has 2 fully saturated rings. The Kier molecular flexibility index (Phi) is 5.09. The first-order valence-electron chi connectivity index (χ1n) is 8.34. The summed E-state index contributed by atoms with van der Waals surface area (Å²) in [5.74, 6) is 0.139. The molecule has 1 unspecified atom stereocenters. The molecule has 7 nitrogen and oxygen atoms in total. The van der Waals surface area contributed by atoms with Crippen LogP contribution in [-0.2, 0) is 4.74 Å². The summed E-state index contributed by atoms with van der Waals surface area (Å²) in [7, 11) is 2.27. The van der Waals surface area contributed by atoms with Crippen molar-refractivity contribution in [2.45, 2.75) is 28.9 Å². The third-order valence-corrected chi connectivity index (χ3v) is 7.38. The van der Waals surface area contributed by atoms with Gasteiger partial charge in [0.25, 0.3) is 0 Å². The Labute approximate surface area is 168 Å². The van der Waals surface area contributed by atoms with Gasteiger partial charge in [-0.2, -0.15) is 5.26 Å². The predicted molar refractivity (Wildman–Crippen MR) is 102 cm³/mol. The van der Waals surface area contributed by atoms with E-state index in [1.54, 1.807) is 48.5 Å². The third kappa shape index (κ3) is 3.28. The van der Waals surface area contributed by atoms with Crippen molar-refractivity contribution in [3.63, 3.8) is 0 Å². The number of aliphatic hydroxyl groups excluding tert-OH is 3. The summed E-state index contributed by atoms with van der Waals surface area (Å²) in [6, 6.07) is 14.6. The zero-order valence-corrected chi connectivity index (χ0v) is 15.9. The van der Waals surface area contributed by atoms with Gasteiger partial charge in [-0.05, 0) is 59.3 Å². The van der Waals surface area contributed by atoms with Crippen LogP contribution in [0.15, 0.2) is 48.5 Å². The lowest BCUT2D eigenvalue weighted by Gasteiger charge is -2.40. The van der Waals surface area contributed by atoms with E-state index in [0.717, 1.165) is 10.8 Å². The minimum Gasteiger partial charge on any atom is -0.449 e. The molecule has 2 aliphatic heterocycles. The number of carbonyl (C=O) groups is 1. The lowest BCUT2D eigenvalue weighted by Crippen LogP contribution is -2.61. The maximum atomic E-state index is 12.5. The van der Waals surface area contributed by atoms with E-state index < -0.39 is 28.9 Å². The summed E-state index contributed by atoms with van der Waals surface area (Å²) in [6.07, 6.45) is -4.05. The van der Waals surface area contributed by atoms with Crippen molar-refractivity contribution in [3.05, 3.63) is 65.2 Å². The number of hydrogen-bond acceptors (Lipinski definition) is 9. The molecule has 0 amide bonds. The van der Waals surface area contributed by atoms with Crippen LogP contribution in [0.3, 0.4) is 0 Å². The molecule has 2 aromatic rings. The highest BCUT2D eigenvalue weighted by atomic mass is 33.1. The van der Waals surface area contributed by atoms with Gasteiger partial charge in [-0.1, -0.05) is 10.8 Å². The number of hydrogen-bond donors (Lipinski definition) is 3. The molecule has 2 bridgehead atoms. The molecule has 0 radical (unpaired) electrons. The fraction of sp³-hybridized carbons (Fsp3) is 0.263.